The van der Waals surface area contributed by atoms with Crippen LogP contribution in [-0.4, -0.2) is 41.1 Å². The predicted octanol–water partition coefficient (Wildman–Crippen LogP) is 2.30. The van der Waals surface area contributed by atoms with Gasteiger partial charge in [-0.15, -0.1) is 0 Å². The summed E-state index contributed by atoms with van der Waals surface area (Å²) in [4.78, 5) is 12.3. The summed E-state index contributed by atoms with van der Waals surface area (Å²) in [5.41, 5.74) is 0.318. The van der Waals surface area contributed by atoms with E-state index in [-0.39, 0.29) is 11.4 Å². The van der Waals surface area contributed by atoms with Crippen molar-refractivity contribution in [3.63, 3.8) is 0 Å². The highest BCUT2D eigenvalue weighted by Crippen LogP contribution is 2.25. The van der Waals surface area contributed by atoms with Gasteiger partial charge in [-0.1, -0.05) is 35.9 Å². The molecule has 0 aliphatic carbocycles. The Kier molecular flexibility index (Phi) is 6.81. The molecule has 1 amide bonds. The Morgan fingerprint density at radius 2 is 1.88 bits per heavy atom. The molecule has 0 spiro atoms. The third kappa shape index (κ3) is 5.19. The molecular formula is C17H19ClN2O4S. The van der Waals surface area contributed by atoms with Gasteiger partial charge in [0.15, 0.2) is 0 Å². The highest BCUT2D eigenvalue weighted by Gasteiger charge is 2.27. The number of rotatable bonds is 8. The Morgan fingerprint density at radius 3 is 2.52 bits per heavy atom. The molecule has 6 nitrogen and oxygen atoms in total. The Morgan fingerprint density at radius 1 is 1.16 bits per heavy atom. The number of anilines is 1. The topological polar surface area (TPSA) is 75.7 Å². The highest BCUT2D eigenvalue weighted by atomic mass is 35.5. The van der Waals surface area contributed by atoms with Crippen LogP contribution >= 0.6 is 11.6 Å². The molecule has 0 saturated carbocycles. The van der Waals surface area contributed by atoms with Crippen LogP contribution in [0.3, 0.4) is 0 Å². The van der Waals surface area contributed by atoms with Gasteiger partial charge in [0.1, 0.15) is 6.54 Å². The first-order chi connectivity index (χ1) is 11.9. The van der Waals surface area contributed by atoms with E-state index in [4.69, 9.17) is 16.3 Å². The maximum atomic E-state index is 13.0. The van der Waals surface area contributed by atoms with Gasteiger partial charge in [0.25, 0.3) is 10.0 Å². The lowest BCUT2D eigenvalue weighted by Crippen LogP contribution is -2.41. The van der Waals surface area contributed by atoms with E-state index in [2.05, 4.69) is 5.32 Å². The zero-order chi connectivity index (χ0) is 18.3. The molecule has 0 aromatic heterocycles. The van der Waals surface area contributed by atoms with Crippen molar-refractivity contribution in [2.75, 3.05) is 31.1 Å². The van der Waals surface area contributed by atoms with E-state index in [1.807, 2.05) is 0 Å². The number of methoxy groups -OCH3 is 1. The first-order valence-electron chi connectivity index (χ1n) is 7.54. The maximum absolute atomic E-state index is 13.0. The van der Waals surface area contributed by atoms with Gasteiger partial charge in [-0.3, -0.25) is 9.10 Å². The summed E-state index contributed by atoms with van der Waals surface area (Å²) in [5, 5.41) is 3.00. The number of carbonyl (C=O) groups excluding carboxylic acids is 1. The molecule has 0 bridgehead atoms. The molecule has 8 heteroatoms. The summed E-state index contributed by atoms with van der Waals surface area (Å²) in [6.07, 6.45) is 0. The third-order valence-corrected chi connectivity index (χ3v) is 5.37. The van der Waals surface area contributed by atoms with E-state index in [0.717, 1.165) is 4.31 Å². The molecule has 0 heterocycles. The van der Waals surface area contributed by atoms with Crippen LogP contribution in [0, 0.1) is 0 Å². The Balaban J connectivity index is 2.34. The first-order valence-corrected chi connectivity index (χ1v) is 9.36. The molecule has 0 aliphatic rings. The minimum absolute atomic E-state index is 0.0969. The van der Waals surface area contributed by atoms with Crippen molar-refractivity contribution in [2.45, 2.75) is 4.90 Å². The van der Waals surface area contributed by atoms with E-state index in [1.54, 1.807) is 36.4 Å². The predicted molar refractivity (Wildman–Crippen MR) is 97.3 cm³/mol. The molecule has 2 aromatic carbocycles. The van der Waals surface area contributed by atoms with Gasteiger partial charge < -0.3 is 10.1 Å². The Bertz CT molecular complexity index is 812. The second-order valence-corrected chi connectivity index (χ2v) is 7.45. The smallest absolute Gasteiger partial charge is 0.264 e. The number of sulfonamides is 1. The maximum Gasteiger partial charge on any atom is 0.264 e. The number of carbonyl (C=O) groups is 1. The van der Waals surface area contributed by atoms with Gasteiger partial charge in [0.05, 0.1) is 17.2 Å². The second-order valence-electron chi connectivity index (χ2n) is 5.15. The number of amides is 1. The lowest BCUT2D eigenvalue weighted by molar-refractivity contribution is -0.119. The molecule has 0 fully saturated rings. The quantitative estimate of drug-likeness (QED) is 0.711. The monoisotopic (exact) mass is 382 g/mol. The van der Waals surface area contributed by atoms with Crippen LogP contribution < -0.4 is 9.62 Å². The molecule has 25 heavy (non-hydrogen) atoms. The van der Waals surface area contributed by atoms with Gasteiger partial charge in [0, 0.05) is 18.7 Å². The van der Waals surface area contributed by atoms with Crippen LogP contribution in [0.5, 0.6) is 0 Å². The fourth-order valence-corrected chi connectivity index (χ4v) is 3.76. The molecule has 0 radical (unpaired) electrons. The first kappa shape index (κ1) is 19.2. The van der Waals surface area contributed by atoms with Crippen LogP contribution in [-0.2, 0) is 19.6 Å². The zero-order valence-electron chi connectivity index (χ0n) is 13.7. The molecule has 0 aliphatic heterocycles. The van der Waals surface area contributed by atoms with Crippen molar-refractivity contribution in [1.29, 1.82) is 0 Å². The molecule has 134 valence electrons. The summed E-state index contributed by atoms with van der Waals surface area (Å²) < 4.78 is 31.9. The molecule has 2 aromatic rings. The number of hydrogen-bond acceptors (Lipinski definition) is 4. The molecule has 0 unspecified atom stereocenters. The van der Waals surface area contributed by atoms with E-state index >= 15 is 0 Å². The standard InChI is InChI=1S/C17H19ClN2O4S/c1-24-11-10-19-17(21)13-20(15-7-5-6-14(18)12-15)25(22,23)16-8-3-2-4-9-16/h2-9,12H,10-11,13H2,1H3,(H,19,21). The number of hydrogen-bond donors (Lipinski definition) is 1. The minimum Gasteiger partial charge on any atom is -0.383 e. The number of nitrogens with one attached hydrogen (secondary N) is 1. The minimum atomic E-state index is -3.91. The van der Waals surface area contributed by atoms with Crippen LogP contribution in [0.15, 0.2) is 59.5 Å². The van der Waals surface area contributed by atoms with Gasteiger partial charge in [-0.05, 0) is 30.3 Å². The number of halogens is 1. The number of ether oxygens (including phenoxy) is 1. The molecule has 0 saturated heterocycles. The van der Waals surface area contributed by atoms with E-state index in [9.17, 15) is 13.2 Å². The lowest BCUT2D eigenvalue weighted by Gasteiger charge is -2.24. The van der Waals surface area contributed by atoms with Gasteiger partial charge in [-0.25, -0.2) is 8.42 Å². The Hall–Kier alpha value is -2.09. The number of benzene rings is 2. The van der Waals surface area contributed by atoms with E-state index in [1.165, 1.54) is 25.3 Å². The van der Waals surface area contributed by atoms with E-state index < -0.39 is 15.9 Å². The van der Waals surface area contributed by atoms with E-state index in [0.29, 0.717) is 23.9 Å². The van der Waals surface area contributed by atoms with Crippen molar-refractivity contribution >= 4 is 33.2 Å². The normalized spacial score (nSPS) is 11.1. The fraction of sp³-hybridized carbons (Fsp3) is 0.235. The zero-order valence-corrected chi connectivity index (χ0v) is 15.3. The largest absolute Gasteiger partial charge is 0.383 e. The average molecular weight is 383 g/mol. The van der Waals surface area contributed by atoms with Crippen LogP contribution in [0.4, 0.5) is 5.69 Å². The highest BCUT2D eigenvalue weighted by molar-refractivity contribution is 7.92. The second kappa shape index (κ2) is 8.84. The average Bonchev–Trinajstić information content (AvgIpc) is 2.60. The van der Waals surface area contributed by atoms with Crippen LogP contribution in [0.25, 0.3) is 0 Å². The van der Waals surface area contributed by atoms with Crippen molar-refractivity contribution in [3.05, 3.63) is 59.6 Å². The van der Waals surface area contributed by atoms with Crippen molar-refractivity contribution in [1.82, 2.24) is 5.32 Å². The summed E-state index contributed by atoms with van der Waals surface area (Å²) in [6.45, 7) is 0.278. The fourth-order valence-electron chi connectivity index (χ4n) is 2.14. The Labute approximate surface area is 152 Å². The molecule has 1 N–H and O–H groups in total. The molecule has 2 rings (SSSR count). The number of nitrogens with zero attached hydrogens (tertiary/aromatic N) is 1. The van der Waals surface area contributed by atoms with Crippen LogP contribution in [0.2, 0.25) is 5.02 Å². The van der Waals surface area contributed by atoms with Gasteiger partial charge >= 0.3 is 0 Å². The summed E-state index contributed by atoms with van der Waals surface area (Å²) >= 11 is 5.99. The summed E-state index contributed by atoms with van der Waals surface area (Å²) in [7, 11) is -2.40. The third-order valence-electron chi connectivity index (χ3n) is 3.34. The van der Waals surface area contributed by atoms with Crippen molar-refractivity contribution in [3.8, 4) is 0 Å². The van der Waals surface area contributed by atoms with Gasteiger partial charge in [0.2, 0.25) is 5.91 Å². The molecule has 0 atom stereocenters. The van der Waals surface area contributed by atoms with Crippen LogP contribution in [0.1, 0.15) is 0 Å². The van der Waals surface area contributed by atoms with Gasteiger partial charge in [-0.2, -0.15) is 0 Å². The lowest BCUT2D eigenvalue weighted by atomic mass is 10.3. The molecular weight excluding hydrogens is 364 g/mol. The van der Waals surface area contributed by atoms with Crippen molar-refractivity contribution < 1.29 is 17.9 Å². The SMILES string of the molecule is COCCNC(=O)CN(c1cccc(Cl)c1)S(=O)(=O)c1ccccc1. The summed E-state index contributed by atoms with van der Waals surface area (Å²) in [5.74, 6) is -0.434. The van der Waals surface area contributed by atoms with Crippen molar-refractivity contribution in [2.24, 2.45) is 0 Å². The summed E-state index contributed by atoms with van der Waals surface area (Å²) in [6, 6.07) is 14.3.